The molecule has 188 valence electrons. The zero-order chi connectivity index (χ0) is 25.5. The maximum Gasteiger partial charge on any atom is 0.255 e. The Morgan fingerprint density at radius 3 is 2.29 bits per heavy atom. The second-order valence-electron chi connectivity index (χ2n) is 9.41. The molecule has 3 N–H and O–H groups in total. The van der Waals surface area contributed by atoms with Crippen LogP contribution < -0.4 is 20.7 Å². The summed E-state index contributed by atoms with van der Waals surface area (Å²) >= 11 is 6.20. The van der Waals surface area contributed by atoms with Crippen LogP contribution in [0.1, 0.15) is 50.0 Å². The molecule has 2 aromatic carbocycles. The van der Waals surface area contributed by atoms with Gasteiger partial charge >= 0.3 is 0 Å². The predicted octanol–water partition coefficient (Wildman–Crippen LogP) is 3.75. The molecular formula is C27H34ClN3O4. The van der Waals surface area contributed by atoms with Crippen molar-refractivity contribution in [2.75, 3.05) is 6.61 Å². The van der Waals surface area contributed by atoms with E-state index in [1.165, 1.54) is 0 Å². The molecule has 0 unspecified atom stereocenters. The normalized spacial score (nSPS) is 22.3. The zero-order valence-corrected chi connectivity index (χ0v) is 21.4. The minimum absolute atomic E-state index is 0.120. The molecule has 0 bridgehead atoms. The number of rotatable bonds is 5. The molecule has 0 saturated heterocycles. The summed E-state index contributed by atoms with van der Waals surface area (Å²) in [5.74, 6) is -1.13. The maximum absolute atomic E-state index is 13.3. The monoisotopic (exact) mass is 499 g/mol. The lowest BCUT2D eigenvalue weighted by atomic mass is 9.96. The van der Waals surface area contributed by atoms with Gasteiger partial charge in [-0.2, -0.15) is 0 Å². The Bertz CT molecular complexity index is 1040. The van der Waals surface area contributed by atoms with Crippen LogP contribution in [0.4, 0.5) is 0 Å². The van der Waals surface area contributed by atoms with E-state index in [1.54, 1.807) is 18.2 Å². The molecule has 0 spiro atoms. The van der Waals surface area contributed by atoms with Crippen LogP contribution >= 0.6 is 11.6 Å². The lowest BCUT2D eigenvalue weighted by molar-refractivity contribution is -0.132. The van der Waals surface area contributed by atoms with E-state index in [0.717, 1.165) is 5.56 Å². The number of carbonyl (C=O) groups excluding carboxylic acids is 3. The summed E-state index contributed by atoms with van der Waals surface area (Å²) in [6.07, 6.45) is 1.18. The van der Waals surface area contributed by atoms with Crippen LogP contribution in [-0.4, -0.2) is 42.5 Å². The highest BCUT2D eigenvalue weighted by atomic mass is 35.5. The van der Waals surface area contributed by atoms with Gasteiger partial charge in [0, 0.05) is 5.02 Å². The molecule has 35 heavy (non-hydrogen) atoms. The molecule has 8 heteroatoms. The Labute approximate surface area is 212 Å². The van der Waals surface area contributed by atoms with Gasteiger partial charge in [-0.25, -0.2) is 0 Å². The van der Waals surface area contributed by atoms with Crippen LogP contribution in [0.25, 0.3) is 0 Å². The first-order chi connectivity index (χ1) is 16.7. The van der Waals surface area contributed by atoms with Crippen molar-refractivity contribution in [3.05, 3.63) is 64.7 Å². The summed E-state index contributed by atoms with van der Waals surface area (Å²) in [6.45, 7) is 7.71. The topological polar surface area (TPSA) is 96.5 Å². The van der Waals surface area contributed by atoms with Crippen molar-refractivity contribution in [2.24, 2.45) is 11.8 Å². The molecule has 1 aliphatic heterocycles. The second kappa shape index (κ2) is 12.1. The predicted molar refractivity (Wildman–Crippen MR) is 137 cm³/mol. The van der Waals surface area contributed by atoms with Gasteiger partial charge in [0.05, 0.1) is 11.6 Å². The van der Waals surface area contributed by atoms with E-state index >= 15 is 0 Å². The van der Waals surface area contributed by atoms with Crippen LogP contribution in [0.15, 0.2) is 48.5 Å². The first-order valence-electron chi connectivity index (χ1n) is 12.1. The molecule has 4 atom stereocenters. The van der Waals surface area contributed by atoms with Gasteiger partial charge in [0.1, 0.15) is 24.4 Å². The van der Waals surface area contributed by atoms with Gasteiger partial charge in [-0.05, 0) is 42.0 Å². The van der Waals surface area contributed by atoms with E-state index in [0.29, 0.717) is 23.6 Å². The van der Waals surface area contributed by atoms with Crippen molar-refractivity contribution in [3.63, 3.8) is 0 Å². The minimum atomic E-state index is -0.814. The summed E-state index contributed by atoms with van der Waals surface area (Å²) in [6, 6.07) is 12.5. The highest BCUT2D eigenvalue weighted by molar-refractivity contribution is 6.30. The summed E-state index contributed by atoms with van der Waals surface area (Å²) < 4.78 is 6.06. The average molecular weight is 500 g/mol. The number of hydrogen-bond acceptors (Lipinski definition) is 4. The summed E-state index contributed by atoms with van der Waals surface area (Å²) in [5.41, 5.74) is 1.30. The van der Waals surface area contributed by atoms with Crippen LogP contribution in [0.3, 0.4) is 0 Å². The van der Waals surface area contributed by atoms with Crippen molar-refractivity contribution in [1.82, 2.24) is 16.0 Å². The van der Waals surface area contributed by atoms with Crippen molar-refractivity contribution in [1.29, 1.82) is 0 Å². The molecule has 7 nitrogen and oxygen atoms in total. The Morgan fingerprint density at radius 2 is 1.63 bits per heavy atom. The van der Waals surface area contributed by atoms with Gasteiger partial charge in [0.2, 0.25) is 11.8 Å². The number of hydrogen-bond donors (Lipinski definition) is 3. The lowest BCUT2D eigenvalue weighted by Crippen LogP contribution is -2.58. The maximum atomic E-state index is 13.3. The van der Waals surface area contributed by atoms with E-state index in [2.05, 4.69) is 16.0 Å². The van der Waals surface area contributed by atoms with Gasteiger partial charge in [-0.15, -0.1) is 0 Å². The van der Waals surface area contributed by atoms with Crippen LogP contribution in [-0.2, 0) is 16.0 Å². The van der Waals surface area contributed by atoms with E-state index in [9.17, 15) is 14.4 Å². The number of carbonyl (C=O) groups is 3. The molecule has 0 saturated carbocycles. The standard InChI is InChI=1S/C27H34ClN3O4/c1-5-17(4)24-27(34)30-23(16(2)3)26(33)29-20(13-18-9-7-6-8-10-18)15-35-22-14-19(28)11-12-21(22)25(32)31-24/h6-12,14,16-17,20,23-24H,5,13,15H2,1-4H3,(H,29,33)(H,30,34)(H,31,32)/t17-,20+,23-,24-/m0/s1. The minimum Gasteiger partial charge on any atom is -0.491 e. The van der Waals surface area contributed by atoms with Crippen molar-refractivity contribution < 1.29 is 19.1 Å². The lowest BCUT2D eigenvalue weighted by Gasteiger charge is -2.28. The van der Waals surface area contributed by atoms with E-state index in [-0.39, 0.29) is 29.9 Å². The smallest absolute Gasteiger partial charge is 0.255 e. The van der Waals surface area contributed by atoms with Gasteiger partial charge in [0.25, 0.3) is 5.91 Å². The summed E-state index contributed by atoms with van der Waals surface area (Å²) in [7, 11) is 0. The largest absolute Gasteiger partial charge is 0.491 e. The Morgan fingerprint density at radius 1 is 0.943 bits per heavy atom. The number of ether oxygens (including phenoxy) is 1. The second-order valence-corrected chi connectivity index (χ2v) is 9.85. The zero-order valence-electron chi connectivity index (χ0n) is 20.6. The van der Waals surface area contributed by atoms with E-state index in [4.69, 9.17) is 16.3 Å². The number of halogens is 1. The van der Waals surface area contributed by atoms with E-state index in [1.807, 2.05) is 58.0 Å². The Kier molecular flexibility index (Phi) is 9.15. The third-order valence-electron chi connectivity index (χ3n) is 6.33. The van der Waals surface area contributed by atoms with Crippen molar-refractivity contribution in [3.8, 4) is 5.75 Å². The SMILES string of the molecule is CC[C@H](C)[C@@H]1NC(=O)c2ccc(Cl)cc2OC[C@@H](Cc2ccccc2)NC(=O)[C@H](C(C)C)NC1=O. The van der Waals surface area contributed by atoms with Gasteiger partial charge in [0.15, 0.2) is 0 Å². The third kappa shape index (κ3) is 6.98. The number of nitrogens with one attached hydrogen (secondary N) is 3. The van der Waals surface area contributed by atoms with Crippen molar-refractivity contribution >= 4 is 29.3 Å². The highest BCUT2D eigenvalue weighted by Crippen LogP contribution is 2.25. The Balaban J connectivity index is 2.01. The number of fused-ring (bicyclic) bond motifs is 1. The molecule has 3 amide bonds. The molecule has 0 aromatic heterocycles. The van der Waals surface area contributed by atoms with Gasteiger partial charge < -0.3 is 20.7 Å². The average Bonchev–Trinajstić information content (AvgIpc) is 2.84. The third-order valence-corrected chi connectivity index (χ3v) is 6.56. The van der Waals surface area contributed by atoms with Crippen molar-refractivity contribution in [2.45, 2.75) is 58.7 Å². The number of amides is 3. The molecule has 1 heterocycles. The highest BCUT2D eigenvalue weighted by Gasteiger charge is 2.33. The first kappa shape index (κ1) is 26.5. The molecule has 2 aromatic rings. The Hall–Kier alpha value is -3.06. The fourth-order valence-corrected chi connectivity index (χ4v) is 4.20. The van der Waals surface area contributed by atoms with Crippen LogP contribution in [0, 0.1) is 11.8 Å². The number of benzene rings is 2. The summed E-state index contributed by atoms with van der Waals surface area (Å²) in [5, 5.41) is 9.20. The molecule has 0 fully saturated rings. The van der Waals surface area contributed by atoms with Gasteiger partial charge in [-0.1, -0.05) is 76.0 Å². The fraction of sp³-hybridized carbons (Fsp3) is 0.444. The molecule has 3 rings (SSSR count). The fourth-order valence-electron chi connectivity index (χ4n) is 4.03. The van der Waals surface area contributed by atoms with Crippen LogP contribution in [0.2, 0.25) is 5.02 Å². The molecule has 0 radical (unpaired) electrons. The molecule has 0 aliphatic carbocycles. The van der Waals surface area contributed by atoms with E-state index < -0.39 is 29.9 Å². The van der Waals surface area contributed by atoms with Crippen LogP contribution in [0.5, 0.6) is 5.75 Å². The molecular weight excluding hydrogens is 466 g/mol. The summed E-state index contributed by atoms with van der Waals surface area (Å²) in [4.78, 5) is 39.9. The molecule has 1 aliphatic rings. The first-order valence-corrected chi connectivity index (χ1v) is 12.4. The van der Waals surface area contributed by atoms with Gasteiger partial charge in [-0.3, -0.25) is 14.4 Å². The quantitative estimate of drug-likeness (QED) is 0.583.